The maximum atomic E-state index is 13.6. The Hall–Kier alpha value is -4.38. The van der Waals surface area contributed by atoms with Gasteiger partial charge in [0.1, 0.15) is 0 Å². The Morgan fingerprint density at radius 3 is 0.833 bits per heavy atom. The number of rotatable bonds is 7. The molecule has 3 saturated heterocycles. The molecule has 4 bridgehead atoms. The largest absolute Gasteiger partial charge is 0.520 e. The number of hydrogen-bond acceptors (Lipinski definition) is 11. The van der Waals surface area contributed by atoms with Gasteiger partial charge in [0.2, 0.25) is 0 Å². The van der Waals surface area contributed by atoms with Crippen molar-refractivity contribution in [3.8, 4) is 0 Å². The SMILES string of the molecule is O[Si]1(c2ccccc2)O[Si]2(c3ccccc3)O[Si](c3ccccc3)O[Si]3(c4ccccc4)O[Si](O)(c4ccccc4)O[Si](c4ccccc4)(O1)O[Si](c1ccccc1)(O2)O3. The topological polar surface area (TPSA) is 124 Å². The van der Waals surface area contributed by atoms with Crippen molar-refractivity contribution >= 4 is 98.4 Å². The minimum atomic E-state index is -4.90. The first-order valence-electron chi connectivity index (χ1n) is 19.2. The molecule has 7 aromatic rings. The van der Waals surface area contributed by atoms with E-state index in [9.17, 15) is 9.59 Å². The predicted molar refractivity (Wildman–Crippen MR) is 237 cm³/mol. The summed E-state index contributed by atoms with van der Waals surface area (Å²) in [6, 6.07) is 64.0. The van der Waals surface area contributed by atoms with E-state index >= 15 is 0 Å². The lowest BCUT2D eigenvalue weighted by molar-refractivity contribution is 0.0488. The second kappa shape index (κ2) is 15.8. The quantitative estimate of drug-likeness (QED) is 0.227. The van der Waals surface area contributed by atoms with Crippen LogP contribution in [0.3, 0.4) is 0 Å². The number of fused-ring (bicyclic) bond motifs is 3. The second-order valence-corrected chi connectivity index (χ2v) is 32.9. The van der Waals surface area contributed by atoms with Gasteiger partial charge in [-0.1, -0.05) is 212 Å². The molecular formula is C42H37O11Si7. The molecule has 2 N–H and O–H groups in total. The van der Waals surface area contributed by atoms with Crippen molar-refractivity contribution < 1.29 is 46.6 Å². The monoisotopic (exact) mass is 913 g/mol. The van der Waals surface area contributed by atoms with Gasteiger partial charge in [-0.05, 0) is 5.19 Å². The van der Waals surface area contributed by atoms with Crippen molar-refractivity contribution in [1.82, 2.24) is 0 Å². The Morgan fingerprint density at radius 1 is 0.267 bits per heavy atom. The molecule has 3 aliphatic rings. The van der Waals surface area contributed by atoms with Gasteiger partial charge in [0.25, 0.3) is 0 Å². The summed E-state index contributed by atoms with van der Waals surface area (Å²) in [5, 5.41) is 3.22. The van der Waals surface area contributed by atoms with Crippen LogP contribution in [0.25, 0.3) is 0 Å². The maximum Gasteiger partial charge on any atom is 0.520 e. The van der Waals surface area contributed by atoms with Crippen molar-refractivity contribution in [1.29, 1.82) is 0 Å². The molecule has 299 valence electrons. The standard InChI is InChI=1S/C42H37O11Si7/c43-55(37-24-10-2-11-25-37)47-57(39-28-14-4-15-29-39)45-54(36-22-8-1-9-23-36)46-58(40-30-16-5-17-31-40)48-56(44,38-26-12-3-13-27-38)50-59(49-55,41-32-18-6-19-33-41)53-60(51-57,52-58)42-34-20-7-21-35-42/h1-35,43-44H. The van der Waals surface area contributed by atoms with Gasteiger partial charge in [0.15, 0.2) is 0 Å². The molecule has 11 nitrogen and oxygen atoms in total. The smallest absolute Gasteiger partial charge is 0.387 e. The summed E-state index contributed by atoms with van der Waals surface area (Å²) in [5.41, 5.74) is 0. The van der Waals surface area contributed by atoms with Crippen molar-refractivity contribution in [3.05, 3.63) is 212 Å². The molecule has 0 amide bonds. The Labute approximate surface area is 355 Å². The van der Waals surface area contributed by atoms with Crippen LogP contribution >= 0.6 is 0 Å². The number of benzene rings is 7. The normalized spacial score (nSPS) is 30.6. The Balaban J connectivity index is 1.36. The lowest BCUT2D eigenvalue weighted by Crippen LogP contribution is -2.89. The summed E-state index contributed by atoms with van der Waals surface area (Å²) in [5.74, 6) is 0. The Bertz CT molecular complexity index is 2440. The van der Waals surface area contributed by atoms with Crippen molar-refractivity contribution in [2.24, 2.45) is 0 Å². The lowest BCUT2D eigenvalue weighted by Gasteiger charge is -2.55. The van der Waals surface area contributed by atoms with Crippen LogP contribution in [0.1, 0.15) is 0 Å². The van der Waals surface area contributed by atoms with Gasteiger partial charge in [-0.2, -0.15) is 0 Å². The molecule has 0 aromatic heterocycles. The second-order valence-electron chi connectivity index (χ2n) is 14.2. The van der Waals surface area contributed by atoms with Crippen LogP contribution in [-0.2, 0) is 37.0 Å². The third-order valence-electron chi connectivity index (χ3n) is 10.1. The highest BCUT2D eigenvalue weighted by Gasteiger charge is 2.78. The van der Waals surface area contributed by atoms with E-state index in [1.807, 2.05) is 152 Å². The van der Waals surface area contributed by atoms with Gasteiger partial charge in [-0.3, -0.25) is 0 Å². The van der Waals surface area contributed by atoms with Crippen LogP contribution in [0.15, 0.2) is 212 Å². The lowest BCUT2D eigenvalue weighted by atomic mass is 10.4. The Kier molecular flexibility index (Phi) is 10.5. The first-order chi connectivity index (χ1) is 29.3. The minimum absolute atomic E-state index is 0.321. The zero-order valence-corrected chi connectivity index (χ0v) is 38.8. The minimum Gasteiger partial charge on any atom is -0.387 e. The fraction of sp³-hybridized carbons (Fsp3) is 0. The summed E-state index contributed by atoms with van der Waals surface area (Å²) in [4.78, 5) is 27.1. The van der Waals surface area contributed by atoms with E-state index in [2.05, 4.69) is 0 Å². The van der Waals surface area contributed by atoms with Crippen molar-refractivity contribution in [2.75, 3.05) is 0 Å². The highest BCUT2D eigenvalue weighted by atomic mass is 28.6. The fourth-order valence-corrected chi connectivity index (χ4v) is 40.0. The highest BCUT2D eigenvalue weighted by molar-refractivity contribution is 7.08. The van der Waals surface area contributed by atoms with Gasteiger partial charge in [0, 0.05) is 31.1 Å². The van der Waals surface area contributed by atoms with Gasteiger partial charge < -0.3 is 46.6 Å². The van der Waals surface area contributed by atoms with Crippen molar-refractivity contribution in [3.63, 3.8) is 0 Å². The van der Waals surface area contributed by atoms with Gasteiger partial charge in [-0.15, -0.1) is 0 Å². The number of hydrogen-bond donors (Lipinski definition) is 2. The molecule has 3 fully saturated rings. The molecule has 7 aromatic carbocycles. The predicted octanol–water partition coefficient (Wildman–Crippen LogP) is 1.63. The third kappa shape index (κ3) is 7.20. The van der Waals surface area contributed by atoms with E-state index in [4.69, 9.17) is 37.0 Å². The molecular weight excluding hydrogens is 877 g/mol. The van der Waals surface area contributed by atoms with Crippen LogP contribution < -0.4 is 36.3 Å². The highest BCUT2D eigenvalue weighted by Crippen LogP contribution is 2.40. The molecule has 3 aliphatic heterocycles. The summed E-state index contributed by atoms with van der Waals surface area (Å²) >= 11 is 0. The summed E-state index contributed by atoms with van der Waals surface area (Å²) < 4.78 is 67.4. The molecule has 18 heteroatoms. The zero-order chi connectivity index (χ0) is 40.7. The molecule has 10 rings (SSSR count). The molecule has 0 aliphatic carbocycles. The molecule has 3 heterocycles. The first kappa shape index (κ1) is 39.7. The summed E-state index contributed by atoms with van der Waals surface area (Å²) in [7, 11) is -31.4. The summed E-state index contributed by atoms with van der Waals surface area (Å²) in [6.07, 6.45) is 0. The Morgan fingerprint density at radius 2 is 0.500 bits per heavy atom. The third-order valence-corrected chi connectivity index (χ3v) is 36.0. The van der Waals surface area contributed by atoms with Crippen LogP contribution in [0.5, 0.6) is 0 Å². The molecule has 60 heavy (non-hydrogen) atoms. The average Bonchev–Trinajstić information content (AvgIpc) is 3.29. The van der Waals surface area contributed by atoms with Gasteiger partial charge >= 0.3 is 62.1 Å². The van der Waals surface area contributed by atoms with E-state index in [-0.39, 0.29) is 0 Å². The van der Waals surface area contributed by atoms with Crippen LogP contribution in [0.4, 0.5) is 0 Å². The summed E-state index contributed by atoms with van der Waals surface area (Å²) in [6.45, 7) is 0. The van der Waals surface area contributed by atoms with Crippen LogP contribution in [0.2, 0.25) is 0 Å². The molecule has 0 saturated carbocycles. The van der Waals surface area contributed by atoms with Crippen molar-refractivity contribution in [2.45, 2.75) is 0 Å². The molecule has 4 unspecified atom stereocenters. The van der Waals surface area contributed by atoms with Crippen LogP contribution in [0, 0.1) is 0 Å². The maximum absolute atomic E-state index is 13.6. The average molecular weight is 914 g/mol. The molecule has 4 atom stereocenters. The zero-order valence-electron chi connectivity index (χ0n) is 31.8. The van der Waals surface area contributed by atoms with E-state index in [0.29, 0.717) is 36.3 Å². The van der Waals surface area contributed by atoms with E-state index in [0.717, 1.165) is 0 Å². The molecule has 0 spiro atoms. The van der Waals surface area contributed by atoms with E-state index in [1.54, 1.807) is 60.7 Å². The van der Waals surface area contributed by atoms with Gasteiger partial charge in [-0.25, -0.2) is 0 Å². The van der Waals surface area contributed by atoms with Gasteiger partial charge in [0.05, 0.1) is 0 Å². The fourth-order valence-electron chi connectivity index (χ4n) is 7.32. The molecule has 1 radical (unpaired) electrons. The van der Waals surface area contributed by atoms with E-state index < -0.39 is 62.1 Å². The van der Waals surface area contributed by atoms with Crippen LogP contribution in [-0.4, -0.2) is 71.7 Å². The van der Waals surface area contributed by atoms with E-state index in [1.165, 1.54) is 0 Å². The first-order valence-corrected chi connectivity index (χ1v) is 31.0.